The third-order valence-electron chi connectivity index (χ3n) is 3.09. The van der Waals surface area contributed by atoms with Crippen molar-refractivity contribution in [3.63, 3.8) is 0 Å². The molecule has 0 aliphatic heterocycles. The van der Waals surface area contributed by atoms with E-state index in [1.54, 1.807) is 48.5 Å². The van der Waals surface area contributed by atoms with Crippen molar-refractivity contribution >= 4 is 25.3 Å². The summed E-state index contributed by atoms with van der Waals surface area (Å²) in [5, 5.41) is 15.8. The Labute approximate surface area is 168 Å². The minimum Gasteiger partial charge on any atom is -0.259 e. The first kappa shape index (κ1) is 19.8. The number of allylic oxidation sites excluding steroid dienone is 1. The third-order valence-corrected chi connectivity index (χ3v) is 3.31. The lowest BCUT2D eigenvalue weighted by molar-refractivity contribution is -0.402. The molecular weight excluding hydrogens is 374 g/mol. The van der Waals surface area contributed by atoms with Crippen LogP contribution in [0.25, 0.3) is 0 Å². The molecule has 2 aromatic rings. The van der Waals surface area contributed by atoms with Crippen LogP contribution in [-0.4, -0.2) is 4.92 Å². The summed E-state index contributed by atoms with van der Waals surface area (Å²) in [6, 6.07) is 14.3. The van der Waals surface area contributed by atoms with E-state index in [0.717, 1.165) is 17.3 Å². The lowest BCUT2D eigenvalue weighted by atomic mass is 10.1. The highest BCUT2D eigenvalue weighted by Crippen LogP contribution is 2.04. The van der Waals surface area contributed by atoms with Gasteiger partial charge >= 0.3 is 0 Å². The van der Waals surface area contributed by atoms with Crippen LogP contribution in [-0.2, 0) is 0 Å². The number of hydrogen-bond acceptors (Lipinski definition) is 4. The molecule has 3 nitrogen and oxygen atoms in total. The van der Waals surface area contributed by atoms with Gasteiger partial charge in [0.15, 0.2) is 0 Å². The van der Waals surface area contributed by atoms with Crippen LogP contribution in [0, 0.1) is 56.1 Å². The summed E-state index contributed by atoms with van der Waals surface area (Å²) in [5.41, 5.74) is 3.12. The molecule has 0 aliphatic carbocycles. The van der Waals surface area contributed by atoms with Gasteiger partial charge in [-0.3, -0.25) is 10.1 Å². The van der Waals surface area contributed by atoms with Gasteiger partial charge in [-0.2, -0.15) is 0 Å². The summed E-state index contributed by atoms with van der Waals surface area (Å²) in [6.45, 7) is 0. The number of hydrogen-bond donors (Lipinski definition) is 2. The average molecular weight is 385 g/mol. The number of rotatable bonds is 1. The van der Waals surface area contributed by atoms with E-state index in [1.165, 1.54) is 0 Å². The number of nitrogens with zero attached hydrogens (tertiary/aromatic N) is 1. The summed E-state index contributed by atoms with van der Waals surface area (Å²) in [4.78, 5) is 10.2. The zero-order chi connectivity index (χ0) is 19.5. The van der Waals surface area contributed by atoms with E-state index in [1.807, 2.05) is 0 Å². The lowest BCUT2D eigenvalue weighted by Crippen LogP contribution is -1.87. The van der Waals surface area contributed by atoms with Gasteiger partial charge in [-0.05, 0) is 70.9 Å². The minimum atomic E-state index is -0.574. The molecule has 0 radical (unpaired) electrons. The summed E-state index contributed by atoms with van der Waals surface area (Å²) in [5.74, 6) is 16.8. The van der Waals surface area contributed by atoms with Gasteiger partial charge in [0.1, 0.15) is 5.57 Å². The second-order valence-electron chi connectivity index (χ2n) is 4.96. The minimum absolute atomic E-state index is 0.110. The Kier molecular flexibility index (Phi) is 7.71. The van der Waals surface area contributed by atoms with Crippen LogP contribution in [0.5, 0.6) is 0 Å². The van der Waals surface area contributed by atoms with Gasteiger partial charge in [0.2, 0.25) is 0 Å². The first-order valence-corrected chi connectivity index (χ1v) is 8.40. The number of thiol groups is 2. The summed E-state index contributed by atoms with van der Waals surface area (Å²) in [7, 11) is 0. The topological polar surface area (TPSA) is 43.1 Å². The van der Waals surface area contributed by atoms with Crippen molar-refractivity contribution in [2.75, 3.05) is 0 Å². The van der Waals surface area contributed by atoms with E-state index < -0.39 is 4.92 Å². The molecule has 0 heterocycles. The first-order valence-electron chi connectivity index (χ1n) is 7.50. The molecule has 0 bridgehead atoms. The third kappa shape index (κ3) is 7.11. The molecular formula is C22H11NO2S2. The maximum Gasteiger partial charge on any atom is 0.258 e. The quantitative estimate of drug-likeness (QED) is 0.340. The standard InChI is InChI=1S/C22H11NO2S2/c24-23(25)17-22(11-9-18-1-5-20(6-2-18)13-15-26)12-10-19-3-7-21(8-4-19)14-16-27/h1-8,17,26-27H. The van der Waals surface area contributed by atoms with Crippen LogP contribution in [0.4, 0.5) is 0 Å². The van der Waals surface area contributed by atoms with Crippen LogP contribution in [0.1, 0.15) is 22.3 Å². The predicted molar refractivity (Wildman–Crippen MR) is 113 cm³/mol. The maximum absolute atomic E-state index is 10.8. The fourth-order valence-electron chi connectivity index (χ4n) is 1.88. The monoisotopic (exact) mass is 385 g/mol. The molecule has 27 heavy (non-hydrogen) atoms. The fourth-order valence-corrected chi connectivity index (χ4v) is 2.14. The van der Waals surface area contributed by atoms with Crippen molar-refractivity contribution in [3.8, 4) is 46.0 Å². The van der Waals surface area contributed by atoms with E-state index >= 15 is 0 Å². The molecule has 0 amide bonds. The smallest absolute Gasteiger partial charge is 0.258 e. The predicted octanol–water partition coefficient (Wildman–Crippen LogP) is 3.73. The Balaban J connectivity index is 2.25. The van der Waals surface area contributed by atoms with E-state index in [0.29, 0.717) is 11.1 Å². The van der Waals surface area contributed by atoms with Gasteiger partial charge in [-0.15, -0.1) is 0 Å². The molecule has 0 aromatic heterocycles. The van der Waals surface area contributed by atoms with Crippen LogP contribution in [0.15, 0.2) is 60.3 Å². The van der Waals surface area contributed by atoms with Gasteiger partial charge in [0.05, 0.1) is 4.92 Å². The molecule has 128 valence electrons. The zero-order valence-corrected chi connectivity index (χ0v) is 15.6. The Morgan fingerprint density at radius 2 is 1.07 bits per heavy atom. The fraction of sp³-hybridized carbons (Fsp3) is 0. The SMILES string of the molecule is O=[N+]([O-])C=C(C#Cc1ccc(C#CS)cc1)C#Cc1ccc(C#CS)cc1. The molecule has 5 heteroatoms. The Hall–Kier alpha value is -3.48. The normalized spacial score (nSPS) is 8.22. The molecule has 0 atom stereocenters. The van der Waals surface area contributed by atoms with Crippen molar-refractivity contribution in [3.05, 3.63) is 92.7 Å². The van der Waals surface area contributed by atoms with Gasteiger partial charge in [-0.1, -0.05) is 48.9 Å². The maximum atomic E-state index is 10.8. The largest absolute Gasteiger partial charge is 0.259 e. The zero-order valence-electron chi connectivity index (χ0n) is 13.9. The van der Waals surface area contributed by atoms with Gasteiger partial charge in [0.25, 0.3) is 6.20 Å². The second-order valence-corrected chi connectivity index (χ2v) is 5.40. The summed E-state index contributed by atoms with van der Waals surface area (Å²) < 4.78 is 0. The second kappa shape index (κ2) is 10.5. The van der Waals surface area contributed by atoms with Crippen LogP contribution < -0.4 is 0 Å². The summed E-state index contributed by atoms with van der Waals surface area (Å²) in [6.07, 6.45) is 0.793. The van der Waals surface area contributed by atoms with Crippen molar-refractivity contribution in [2.45, 2.75) is 0 Å². The van der Waals surface area contributed by atoms with E-state index in [4.69, 9.17) is 0 Å². The van der Waals surface area contributed by atoms with E-state index in [-0.39, 0.29) is 5.57 Å². The highest BCUT2D eigenvalue weighted by Gasteiger charge is 1.96. The van der Waals surface area contributed by atoms with Crippen molar-refractivity contribution in [2.24, 2.45) is 0 Å². The van der Waals surface area contributed by atoms with Crippen LogP contribution in [0.3, 0.4) is 0 Å². The molecule has 0 spiro atoms. The highest BCUT2D eigenvalue weighted by atomic mass is 32.1. The molecule has 0 saturated carbocycles. The van der Waals surface area contributed by atoms with Gasteiger partial charge in [0, 0.05) is 22.3 Å². The van der Waals surface area contributed by atoms with Gasteiger partial charge < -0.3 is 0 Å². The Bertz CT molecular complexity index is 1030. The van der Waals surface area contributed by atoms with Crippen molar-refractivity contribution < 1.29 is 4.92 Å². The first-order chi connectivity index (χ1) is 13.1. The van der Waals surface area contributed by atoms with Gasteiger partial charge in [-0.25, -0.2) is 0 Å². The Morgan fingerprint density at radius 1 is 0.741 bits per heavy atom. The van der Waals surface area contributed by atoms with Crippen molar-refractivity contribution in [1.29, 1.82) is 0 Å². The molecule has 0 unspecified atom stereocenters. The molecule has 0 N–H and O–H groups in total. The molecule has 2 rings (SSSR count). The molecule has 2 aromatic carbocycles. The highest BCUT2D eigenvalue weighted by molar-refractivity contribution is 7.85. The molecule has 0 saturated heterocycles. The van der Waals surface area contributed by atoms with Crippen LogP contribution in [0.2, 0.25) is 0 Å². The van der Waals surface area contributed by atoms with Crippen LogP contribution >= 0.6 is 25.3 Å². The number of benzene rings is 2. The molecule has 0 aliphatic rings. The Morgan fingerprint density at radius 3 is 1.37 bits per heavy atom. The number of nitro groups is 1. The lowest BCUT2D eigenvalue weighted by Gasteiger charge is -1.92. The average Bonchev–Trinajstić information content (AvgIpc) is 2.66. The summed E-state index contributed by atoms with van der Waals surface area (Å²) >= 11 is 7.68. The molecule has 0 fully saturated rings. The van der Waals surface area contributed by atoms with E-state index in [2.05, 4.69) is 71.3 Å². The van der Waals surface area contributed by atoms with Crippen molar-refractivity contribution in [1.82, 2.24) is 0 Å². The van der Waals surface area contributed by atoms with E-state index in [9.17, 15) is 10.1 Å².